The SMILES string of the molecule is CC[C@@]1(O)C(=O)OCc2c1cc1n(c2=O)Cc2c-1nc1cc(F)c(C)c3c1c2[C@@H](NC(=O)CCCCCNC(=O)CNC(=O)C(Cc1ccccc1)NC(=O)CNC(=O)CNC(=O)CCCCCN1C(=O)C=CC1=O)CC3. The number of pyridine rings is 2. The molecule has 4 aromatic rings. The molecule has 2 aromatic carbocycles. The van der Waals surface area contributed by atoms with E-state index in [0.29, 0.717) is 79.4 Å². The van der Waals surface area contributed by atoms with Crippen LogP contribution in [0, 0.1) is 12.7 Å². The molecular formula is C55H62FN9O12. The van der Waals surface area contributed by atoms with Gasteiger partial charge in [0.1, 0.15) is 18.5 Å². The molecule has 406 valence electrons. The van der Waals surface area contributed by atoms with Crippen LogP contribution in [0.25, 0.3) is 22.3 Å². The predicted molar refractivity (Wildman–Crippen MR) is 275 cm³/mol. The third kappa shape index (κ3) is 12.4. The lowest BCUT2D eigenvalue weighted by molar-refractivity contribution is -0.172. The molecule has 8 rings (SSSR count). The van der Waals surface area contributed by atoms with Crippen molar-refractivity contribution in [3.63, 3.8) is 0 Å². The average Bonchev–Trinajstić information content (AvgIpc) is 4.10. The summed E-state index contributed by atoms with van der Waals surface area (Å²) in [7, 11) is 0. The van der Waals surface area contributed by atoms with E-state index in [2.05, 4.69) is 31.9 Å². The van der Waals surface area contributed by atoms with E-state index in [1.54, 1.807) is 50.2 Å². The van der Waals surface area contributed by atoms with Crippen molar-refractivity contribution in [3.8, 4) is 11.4 Å². The molecule has 5 heterocycles. The van der Waals surface area contributed by atoms with Crippen LogP contribution in [0.4, 0.5) is 4.39 Å². The van der Waals surface area contributed by atoms with Crippen LogP contribution in [-0.4, -0.2) is 112 Å². The topological polar surface area (TPSA) is 293 Å². The van der Waals surface area contributed by atoms with Gasteiger partial charge in [-0.3, -0.25) is 48.1 Å². The number of aromatic nitrogens is 2. The number of carbonyl (C=O) groups excluding carboxylic acids is 9. The standard InChI is InChI=1S/C55H62FN9O12/c1-3-55(76)36-24-41-51-34(29-65(41)53(74)35(36)30-77-54(55)75)50-38(18-17-33-31(2)37(56)25-39(63-51)49(33)50)61-43(67)16-9-5-11-21-57-44(68)27-60-52(73)40(23-32-13-7-4-8-14-32)62-46(70)28-59-45(69)26-58-42(66)15-10-6-12-22-64-47(71)19-20-48(64)72/h4,7-8,13-14,19-20,24-25,38,40,76H,3,5-6,9-12,15-18,21-23,26-30H2,1-2H3,(H,57,68)(H,58,66)(H,59,69)(H,60,73)(H,61,67)(H,62,70)/t38-,40?,55-/m0/s1. The van der Waals surface area contributed by atoms with Crippen molar-refractivity contribution in [2.45, 2.75) is 122 Å². The van der Waals surface area contributed by atoms with Gasteiger partial charge < -0.3 is 46.3 Å². The zero-order valence-corrected chi connectivity index (χ0v) is 42.9. The number of unbranched alkanes of at least 4 members (excludes halogenated alkanes) is 4. The Bertz CT molecular complexity index is 3120. The minimum absolute atomic E-state index is 0.0244. The molecule has 0 fully saturated rings. The second-order valence-corrected chi connectivity index (χ2v) is 19.7. The number of amides is 8. The number of benzene rings is 2. The van der Waals surface area contributed by atoms with Crippen LogP contribution in [0.5, 0.6) is 0 Å². The lowest BCUT2D eigenvalue weighted by Crippen LogP contribution is -2.52. The van der Waals surface area contributed by atoms with Crippen molar-refractivity contribution in [1.82, 2.24) is 46.4 Å². The second kappa shape index (κ2) is 24.2. The number of imide groups is 1. The van der Waals surface area contributed by atoms with E-state index in [1.165, 1.54) is 22.8 Å². The lowest BCUT2D eigenvalue weighted by Gasteiger charge is -2.31. The molecular weight excluding hydrogens is 998 g/mol. The van der Waals surface area contributed by atoms with Gasteiger partial charge in [-0.2, -0.15) is 0 Å². The zero-order chi connectivity index (χ0) is 55.0. The Morgan fingerprint density at radius 2 is 1.48 bits per heavy atom. The number of hydrogen-bond donors (Lipinski definition) is 7. The number of esters is 1. The molecule has 0 radical (unpaired) electrons. The Kier molecular flexibility index (Phi) is 17.3. The number of nitrogens with zero attached hydrogens (tertiary/aromatic N) is 3. The van der Waals surface area contributed by atoms with Crippen LogP contribution >= 0.6 is 0 Å². The molecule has 0 saturated heterocycles. The Hall–Kier alpha value is -8.14. The van der Waals surface area contributed by atoms with Gasteiger partial charge in [0.2, 0.25) is 35.4 Å². The van der Waals surface area contributed by atoms with E-state index in [-0.39, 0.29) is 99.8 Å². The van der Waals surface area contributed by atoms with Crippen molar-refractivity contribution < 1.29 is 57.4 Å². The number of hydrogen-bond acceptors (Lipinski definition) is 13. The van der Waals surface area contributed by atoms with E-state index in [4.69, 9.17) is 9.72 Å². The summed E-state index contributed by atoms with van der Waals surface area (Å²) in [5.41, 5.74) is 2.49. The Labute approximate surface area is 442 Å². The maximum absolute atomic E-state index is 15.4. The first kappa shape index (κ1) is 55.1. The number of carbonyl (C=O) groups is 9. The van der Waals surface area contributed by atoms with Crippen molar-refractivity contribution in [2.75, 3.05) is 32.7 Å². The molecule has 0 saturated carbocycles. The van der Waals surface area contributed by atoms with Crippen molar-refractivity contribution in [1.29, 1.82) is 0 Å². The number of cyclic esters (lactones) is 1. The summed E-state index contributed by atoms with van der Waals surface area (Å²) in [6, 6.07) is 10.3. The Balaban J connectivity index is 0.770. The second-order valence-electron chi connectivity index (χ2n) is 19.7. The summed E-state index contributed by atoms with van der Waals surface area (Å²) in [5.74, 6) is -5.01. The Morgan fingerprint density at radius 3 is 2.22 bits per heavy atom. The van der Waals surface area contributed by atoms with Crippen molar-refractivity contribution in [2.24, 2.45) is 0 Å². The molecule has 3 atom stereocenters. The van der Waals surface area contributed by atoms with E-state index in [0.717, 1.165) is 27.0 Å². The number of fused-ring (bicyclic) bond motifs is 5. The number of ether oxygens (including phenoxy) is 1. The van der Waals surface area contributed by atoms with E-state index in [9.17, 15) is 53.1 Å². The Morgan fingerprint density at radius 1 is 0.805 bits per heavy atom. The van der Waals surface area contributed by atoms with Gasteiger partial charge in [-0.1, -0.05) is 50.1 Å². The summed E-state index contributed by atoms with van der Waals surface area (Å²) >= 11 is 0. The molecule has 21 nitrogen and oxygen atoms in total. The molecule has 4 aliphatic rings. The highest BCUT2D eigenvalue weighted by molar-refractivity contribution is 6.12. The monoisotopic (exact) mass is 1060 g/mol. The summed E-state index contributed by atoms with van der Waals surface area (Å²) in [6.45, 7) is 2.43. The molecule has 1 aliphatic carbocycles. The molecule has 77 heavy (non-hydrogen) atoms. The first-order valence-electron chi connectivity index (χ1n) is 26.0. The van der Waals surface area contributed by atoms with Crippen LogP contribution in [0.1, 0.15) is 116 Å². The van der Waals surface area contributed by atoms with Crippen molar-refractivity contribution >= 4 is 64.1 Å². The predicted octanol–water partition coefficient (Wildman–Crippen LogP) is 1.87. The van der Waals surface area contributed by atoms with E-state index >= 15 is 4.39 Å². The number of halogens is 1. The fourth-order valence-corrected chi connectivity index (χ4v) is 10.3. The first-order chi connectivity index (χ1) is 37.0. The van der Waals surface area contributed by atoms with Gasteiger partial charge in [0, 0.05) is 67.1 Å². The number of rotatable bonds is 24. The molecule has 1 unspecified atom stereocenters. The highest BCUT2D eigenvalue weighted by atomic mass is 19.1. The van der Waals surface area contributed by atoms with Gasteiger partial charge >= 0.3 is 5.97 Å². The number of nitrogens with one attached hydrogen (secondary N) is 6. The molecule has 8 amide bonds. The molecule has 2 aromatic heterocycles. The van der Waals surface area contributed by atoms with E-state index in [1.807, 2.05) is 0 Å². The number of aryl methyl sites for hydroxylation is 1. The summed E-state index contributed by atoms with van der Waals surface area (Å²) in [6.07, 6.45) is 6.93. The highest BCUT2D eigenvalue weighted by Crippen LogP contribution is 2.46. The van der Waals surface area contributed by atoms with Gasteiger partial charge in [-0.25, -0.2) is 14.2 Å². The quantitative estimate of drug-likeness (QED) is 0.0264. The molecule has 22 heteroatoms. The summed E-state index contributed by atoms with van der Waals surface area (Å²) in [5, 5.41) is 28.1. The largest absolute Gasteiger partial charge is 0.458 e. The normalized spacial score (nSPS) is 17.2. The van der Waals surface area contributed by atoms with Gasteiger partial charge in [-0.05, 0) is 80.2 Å². The smallest absolute Gasteiger partial charge is 0.343 e. The lowest BCUT2D eigenvalue weighted by atomic mass is 9.81. The molecule has 0 bridgehead atoms. The highest BCUT2D eigenvalue weighted by Gasteiger charge is 2.46. The van der Waals surface area contributed by atoms with Gasteiger partial charge in [0.15, 0.2) is 5.60 Å². The fraction of sp³-hybridized carbons (Fsp3) is 0.436. The third-order valence-corrected chi connectivity index (χ3v) is 14.6. The van der Waals surface area contributed by atoms with Crippen LogP contribution in [-0.2, 0) is 79.5 Å². The third-order valence-electron chi connectivity index (χ3n) is 14.6. The van der Waals surface area contributed by atoms with Gasteiger partial charge in [0.25, 0.3) is 17.4 Å². The minimum Gasteiger partial charge on any atom is -0.458 e. The zero-order valence-electron chi connectivity index (χ0n) is 42.9. The van der Waals surface area contributed by atoms with E-state index < -0.39 is 65.2 Å². The van der Waals surface area contributed by atoms with Crippen molar-refractivity contribution in [3.05, 3.63) is 110 Å². The maximum atomic E-state index is 15.4. The van der Waals surface area contributed by atoms with Gasteiger partial charge in [-0.15, -0.1) is 0 Å². The van der Waals surface area contributed by atoms with Crippen LogP contribution in [0.2, 0.25) is 0 Å². The first-order valence-corrected chi connectivity index (χ1v) is 26.0. The average molecular weight is 1060 g/mol. The molecule has 7 N–H and O–H groups in total. The number of aliphatic hydroxyl groups is 1. The summed E-state index contributed by atoms with van der Waals surface area (Å²) in [4.78, 5) is 133. The maximum Gasteiger partial charge on any atom is 0.343 e. The summed E-state index contributed by atoms with van der Waals surface area (Å²) < 4.78 is 22.1. The molecule has 0 spiro atoms. The van der Waals surface area contributed by atoms with Gasteiger partial charge in [0.05, 0.1) is 54.7 Å². The minimum atomic E-state index is -2.02. The molecule has 3 aliphatic heterocycles. The van der Waals surface area contributed by atoms with Crippen LogP contribution in [0.15, 0.2) is 59.4 Å². The van der Waals surface area contributed by atoms with Crippen LogP contribution in [0.3, 0.4) is 0 Å². The van der Waals surface area contributed by atoms with Crippen LogP contribution < -0.4 is 37.5 Å². The fourth-order valence-electron chi connectivity index (χ4n) is 10.3.